The van der Waals surface area contributed by atoms with Crippen LogP contribution in [0.25, 0.3) is 0 Å². The van der Waals surface area contributed by atoms with Crippen molar-refractivity contribution in [2.24, 2.45) is 5.92 Å². The van der Waals surface area contributed by atoms with E-state index < -0.39 is 11.5 Å². The number of hydrogen-bond donors (Lipinski definition) is 2. The summed E-state index contributed by atoms with van der Waals surface area (Å²) in [6.07, 6.45) is 3.20. The second-order valence-corrected chi connectivity index (χ2v) is 7.31. The van der Waals surface area contributed by atoms with E-state index in [1.807, 2.05) is 6.92 Å². The Hall–Kier alpha value is -0.880. The van der Waals surface area contributed by atoms with Crippen molar-refractivity contribution < 1.29 is 14.7 Å². The van der Waals surface area contributed by atoms with Crippen LogP contribution in [0.1, 0.15) is 43.0 Å². The summed E-state index contributed by atoms with van der Waals surface area (Å²) in [5.74, 6) is -1.29. The number of carbonyl (C=O) groups excluding carboxylic acids is 1. The molecule has 1 aromatic heterocycles. The maximum atomic E-state index is 12.2. The third-order valence-corrected chi connectivity index (χ3v) is 5.35. The molecule has 19 heavy (non-hydrogen) atoms. The zero-order valence-corrected chi connectivity index (χ0v) is 13.0. The van der Waals surface area contributed by atoms with Crippen LogP contribution < -0.4 is 5.32 Å². The number of thiophene rings is 1. The number of amides is 1. The van der Waals surface area contributed by atoms with Gasteiger partial charge in [0.2, 0.25) is 0 Å². The summed E-state index contributed by atoms with van der Waals surface area (Å²) in [7, 11) is 0. The second kappa shape index (κ2) is 5.63. The van der Waals surface area contributed by atoms with Crippen molar-refractivity contribution in [3.8, 4) is 0 Å². The average Bonchev–Trinajstić information content (AvgIpc) is 2.78. The van der Waals surface area contributed by atoms with E-state index in [9.17, 15) is 14.7 Å². The highest BCUT2D eigenvalue weighted by molar-refractivity contribution is 9.11. The number of halogens is 1. The van der Waals surface area contributed by atoms with Crippen molar-refractivity contribution in [1.29, 1.82) is 0 Å². The molecule has 1 aliphatic carbocycles. The van der Waals surface area contributed by atoms with Gasteiger partial charge in [-0.2, -0.15) is 0 Å². The smallest absolute Gasteiger partial charge is 0.329 e. The molecule has 0 saturated heterocycles. The van der Waals surface area contributed by atoms with Crippen LogP contribution in [0.15, 0.2) is 15.2 Å². The lowest BCUT2D eigenvalue weighted by Crippen LogP contribution is -2.59. The van der Waals surface area contributed by atoms with Crippen LogP contribution in [0.3, 0.4) is 0 Å². The van der Waals surface area contributed by atoms with Gasteiger partial charge in [-0.1, -0.05) is 19.8 Å². The Kier molecular flexibility index (Phi) is 4.30. The molecule has 1 amide bonds. The van der Waals surface area contributed by atoms with Crippen molar-refractivity contribution in [3.05, 3.63) is 20.8 Å². The molecule has 1 heterocycles. The minimum atomic E-state index is -1.12. The summed E-state index contributed by atoms with van der Waals surface area (Å²) in [5, 5.41) is 14.0. The normalized spacial score (nSPS) is 26.9. The maximum Gasteiger partial charge on any atom is 0.329 e. The van der Waals surface area contributed by atoms with E-state index in [1.54, 1.807) is 11.4 Å². The van der Waals surface area contributed by atoms with Gasteiger partial charge in [0.15, 0.2) is 0 Å². The molecule has 0 radical (unpaired) electrons. The summed E-state index contributed by atoms with van der Waals surface area (Å²) in [6.45, 7) is 1.90. The van der Waals surface area contributed by atoms with Crippen molar-refractivity contribution in [1.82, 2.24) is 5.32 Å². The van der Waals surface area contributed by atoms with E-state index in [-0.39, 0.29) is 11.8 Å². The second-order valence-electron chi connectivity index (χ2n) is 5.02. The molecule has 1 aliphatic rings. The molecule has 0 aliphatic heterocycles. The van der Waals surface area contributed by atoms with Gasteiger partial charge in [-0.3, -0.25) is 4.79 Å². The summed E-state index contributed by atoms with van der Waals surface area (Å²) < 4.78 is 0.860. The first-order chi connectivity index (χ1) is 8.95. The number of aliphatic carboxylic acids is 1. The molecule has 1 aromatic rings. The highest BCUT2D eigenvalue weighted by atomic mass is 79.9. The number of carboxylic acid groups (broad SMARTS) is 1. The molecule has 4 nitrogen and oxygen atoms in total. The molecule has 0 spiro atoms. The van der Waals surface area contributed by atoms with Crippen LogP contribution in [0.2, 0.25) is 0 Å². The SMILES string of the molecule is CC1CCCCC1(NC(=O)c1csc(Br)c1)C(=O)O. The molecule has 2 unspecified atom stereocenters. The summed E-state index contributed by atoms with van der Waals surface area (Å²) >= 11 is 4.71. The predicted octanol–water partition coefficient (Wildman–Crippen LogP) is 3.27. The zero-order valence-electron chi connectivity index (χ0n) is 10.6. The third kappa shape index (κ3) is 2.84. The van der Waals surface area contributed by atoms with Crippen molar-refractivity contribution in [3.63, 3.8) is 0 Å². The van der Waals surface area contributed by atoms with Crippen LogP contribution in [-0.2, 0) is 4.79 Å². The number of carboxylic acids is 1. The predicted molar refractivity (Wildman–Crippen MR) is 77.5 cm³/mol. The Balaban J connectivity index is 2.21. The lowest BCUT2D eigenvalue weighted by atomic mass is 9.73. The first-order valence-electron chi connectivity index (χ1n) is 6.25. The molecular weight excluding hydrogens is 330 g/mol. The molecular formula is C13H16BrNO3S. The molecule has 1 saturated carbocycles. The van der Waals surface area contributed by atoms with Crippen molar-refractivity contribution in [2.45, 2.75) is 38.1 Å². The molecule has 2 atom stereocenters. The van der Waals surface area contributed by atoms with Crippen LogP contribution in [0.4, 0.5) is 0 Å². The highest BCUT2D eigenvalue weighted by Crippen LogP contribution is 2.34. The largest absolute Gasteiger partial charge is 0.479 e. The molecule has 6 heteroatoms. The van der Waals surface area contributed by atoms with Gasteiger partial charge in [0.05, 0.1) is 9.35 Å². The molecule has 0 aromatic carbocycles. The molecule has 2 N–H and O–H groups in total. The van der Waals surface area contributed by atoms with Gasteiger partial charge < -0.3 is 10.4 Å². The molecule has 0 bridgehead atoms. The summed E-state index contributed by atoms with van der Waals surface area (Å²) in [5.41, 5.74) is -0.612. The fourth-order valence-electron chi connectivity index (χ4n) is 2.61. The topological polar surface area (TPSA) is 66.4 Å². The quantitative estimate of drug-likeness (QED) is 0.883. The van der Waals surface area contributed by atoms with Crippen molar-refractivity contribution >= 4 is 39.1 Å². The Morgan fingerprint density at radius 3 is 2.79 bits per heavy atom. The first kappa shape index (κ1) is 14.5. The third-order valence-electron chi connectivity index (χ3n) is 3.85. The molecule has 2 rings (SSSR count). The summed E-state index contributed by atoms with van der Waals surface area (Å²) in [4.78, 5) is 23.8. The highest BCUT2D eigenvalue weighted by Gasteiger charge is 2.46. The molecule has 104 valence electrons. The van der Waals surface area contributed by atoms with Crippen LogP contribution >= 0.6 is 27.3 Å². The minimum absolute atomic E-state index is 0.0511. The number of hydrogen-bond acceptors (Lipinski definition) is 3. The van der Waals surface area contributed by atoms with Gasteiger partial charge in [-0.05, 0) is 40.8 Å². The lowest BCUT2D eigenvalue weighted by Gasteiger charge is -2.39. The van der Waals surface area contributed by atoms with E-state index in [2.05, 4.69) is 21.2 Å². The van der Waals surface area contributed by atoms with Crippen LogP contribution in [0.5, 0.6) is 0 Å². The average molecular weight is 346 g/mol. The Morgan fingerprint density at radius 2 is 2.26 bits per heavy atom. The van der Waals surface area contributed by atoms with E-state index in [4.69, 9.17) is 0 Å². The van der Waals surface area contributed by atoms with Crippen molar-refractivity contribution in [2.75, 3.05) is 0 Å². The van der Waals surface area contributed by atoms with Gasteiger partial charge in [-0.15, -0.1) is 11.3 Å². The van der Waals surface area contributed by atoms with E-state index in [0.717, 1.165) is 23.0 Å². The van der Waals surface area contributed by atoms with Gasteiger partial charge >= 0.3 is 5.97 Å². The lowest BCUT2D eigenvalue weighted by molar-refractivity contribution is -0.148. The number of carbonyl (C=O) groups is 2. The number of rotatable bonds is 3. The van der Waals surface area contributed by atoms with E-state index in [1.165, 1.54) is 11.3 Å². The van der Waals surface area contributed by atoms with Gasteiger partial charge in [0.1, 0.15) is 5.54 Å². The monoisotopic (exact) mass is 345 g/mol. The minimum Gasteiger partial charge on any atom is -0.479 e. The fraction of sp³-hybridized carbons (Fsp3) is 0.538. The van der Waals surface area contributed by atoms with E-state index >= 15 is 0 Å². The van der Waals surface area contributed by atoms with Gasteiger partial charge in [0.25, 0.3) is 5.91 Å². The first-order valence-corrected chi connectivity index (χ1v) is 7.93. The van der Waals surface area contributed by atoms with Crippen LogP contribution in [-0.4, -0.2) is 22.5 Å². The molecule has 1 fully saturated rings. The maximum absolute atomic E-state index is 12.2. The van der Waals surface area contributed by atoms with E-state index in [0.29, 0.717) is 12.0 Å². The van der Waals surface area contributed by atoms with Crippen LogP contribution in [0, 0.1) is 5.92 Å². The van der Waals surface area contributed by atoms with Gasteiger partial charge in [0, 0.05) is 5.38 Å². The van der Waals surface area contributed by atoms with Gasteiger partial charge in [-0.25, -0.2) is 4.79 Å². The summed E-state index contributed by atoms with van der Waals surface area (Å²) in [6, 6.07) is 1.71. The Morgan fingerprint density at radius 1 is 1.53 bits per heavy atom. The zero-order chi connectivity index (χ0) is 14.0. The standard InChI is InChI=1S/C13H16BrNO3S/c1-8-4-2-3-5-13(8,12(17)18)15-11(16)9-6-10(14)19-7-9/h6-8H,2-5H2,1H3,(H,15,16)(H,17,18). The fourth-order valence-corrected chi connectivity index (χ4v) is 3.74. The number of nitrogens with one attached hydrogen (secondary N) is 1. The Labute approximate surface area is 124 Å². The Bertz CT molecular complexity index is 502.